The summed E-state index contributed by atoms with van der Waals surface area (Å²) in [7, 11) is 0. The highest BCUT2D eigenvalue weighted by Crippen LogP contribution is 2.22. The Labute approximate surface area is 135 Å². The fourth-order valence-electron chi connectivity index (χ4n) is 3.37. The first-order valence-corrected chi connectivity index (χ1v) is 9.80. The van der Waals surface area contributed by atoms with Crippen LogP contribution in [0.1, 0.15) is 111 Å². The third-order valence-corrected chi connectivity index (χ3v) is 4.93. The van der Waals surface area contributed by atoms with E-state index in [-0.39, 0.29) is 0 Å². The summed E-state index contributed by atoms with van der Waals surface area (Å²) in [6, 6.07) is 0. The fourth-order valence-corrected chi connectivity index (χ4v) is 3.37. The molecule has 126 valence electrons. The lowest BCUT2D eigenvalue weighted by Gasteiger charge is -2.15. The van der Waals surface area contributed by atoms with Crippen LogP contribution in [0, 0.1) is 11.8 Å². The summed E-state index contributed by atoms with van der Waals surface area (Å²) in [5.74, 6) is 1.93. The Morgan fingerprint density at radius 2 is 1.33 bits per heavy atom. The van der Waals surface area contributed by atoms with Crippen LogP contribution in [0.25, 0.3) is 0 Å². The summed E-state index contributed by atoms with van der Waals surface area (Å²) in [5, 5.41) is 0. The Morgan fingerprint density at radius 1 is 0.762 bits per heavy atom. The molecule has 0 nitrogen and oxygen atoms in total. The largest absolute Gasteiger partial charge is 0.0999 e. The van der Waals surface area contributed by atoms with Crippen LogP contribution in [0.4, 0.5) is 0 Å². The van der Waals surface area contributed by atoms with E-state index >= 15 is 0 Å². The van der Waals surface area contributed by atoms with Gasteiger partial charge in [0.05, 0.1) is 0 Å². The summed E-state index contributed by atoms with van der Waals surface area (Å²) in [5.41, 5.74) is 1.43. The molecule has 0 aromatic rings. The van der Waals surface area contributed by atoms with Gasteiger partial charge in [-0.05, 0) is 31.1 Å². The first-order chi connectivity index (χ1) is 10.1. The van der Waals surface area contributed by atoms with Gasteiger partial charge in [-0.3, -0.25) is 0 Å². The van der Waals surface area contributed by atoms with Crippen LogP contribution in [0.15, 0.2) is 12.2 Å². The molecule has 0 saturated carbocycles. The van der Waals surface area contributed by atoms with Crippen molar-refractivity contribution in [2.75, 3.05) is 0 Å². The molecule has 0 saturated heterocycles. The van der Waals surface area contributed by atoms with Gasteiger partial charge in [0.25, 0.3) is 0 Å². The second kappa shape index (κ2) is 14.7. The molecule has 0 amide bonds. The van der Waals surface area contributed by atoms with Gasteiger partial charge in [-0.25, -0.2) is 0 Å². The Morgan fingerprint density at radius 3 is 1.90 bits per heavy atom. The monoisotopic (exact) mass is 294 g/mol. The molecule has 0 aromatic carbocycles. The maximum atomic E-state index is 4.10. The second-order valence-corrected chi connectivity index (χ2v) is 7.18. The van der Waals surface area contributed by atoms with Gasteiger partial charge in [-0.1, -0.05) is 104 Å². The van der Waals surface area contributed by atoms with E-state index in [1.165, 1.54) is 82.6 Å². The SMILES string of the molecule is C=C(CC)CCCC(C)CCCCCC(CCC)CCC. The molecular formula is C21H42. The Hall–Kier alpha value is -0.260. The lowest BCUT2D eigenvalue weighted by atomic mass is 9.91. The molecule has 0 aliphatic heterocycles. The molecule has 0 heterocycles. The van der Waals surface area contributed by atoms with Crippen molar-refractivity contribution in [3.63, 3.8) is 0 Å². The predicted molar refractivity (Wildman–Crippen MR) is 98.8 cm³/mol. The molecule has 1 unspecified atom stereocenters. The topological polar surface area (TPSA) is 0 Å². The van der Waals surface area contributed by atoms with Gasteiger partial charge in [0, 0.05) is 0 Å². The minimum atomic E-state index is 0.914. The number of hydrogen-bond donors (Lipinski definition) is 0. The van der Waals surface area contributed by atoms with Gasteiger partial charge in [0.15, 0.2) is 0 Å². The van der Waals surface area contributed by atoms with Gasteiger partial charge in [-0.15, -0.1) is 0 Å². The van der Waals surface area contributed by atoms with Crippen molar-refractivity contribution in [3.05, 3.63) is 12.2 Å². The van der Waals surface area contributed by atoms with Crippen LogP contribution >= 0.6 is 0 Å². The molecule has 0 N–H and O–H groups in total. The standard InChI is InChI=1S/C21H42/c1-6-13-21(14-7-2)18-11-9-10-15-20(5)17-12-16-19(4)8-3/h20-21H,4,6-18H2,1-3,5H3. The smallest absolute Gasteiger partial charge is 0.0323 e. The molecule has 0 radical (unpaired) electrons. The van der Waals surface area contributed by atoms with Gasteiger partial charge >= 0.3 is 0 Å². The van der Waals surface area contributed by atoms with Crippen molar-refractivity contribution in [3.8, 4) is 0 Å². The zero-order valence-electron chi connectivity index (χ0n) is 15.6. The maximum absolute atomic E-state index is 4.10. The highest BCUT2D eigenvalue weighted by molar-refractivity contribution is 4.91. The molecule has 0 bridgehead atoms. The predicted octanol–water partition coefficient (Wildman–Crippen LogP) is 7.93. The van der Waals surface area contributed by atoms with Crippen molar-refractivity contribution >= 4 is 0 Å². The van der Waals surface area contributed by atoms with Crippen LogP contribution in [0.2, 0.25) is 0 Å². The van der Waals surface area contributed by atoms with Crippen LogP contribution in [-0.4, -0.2) is 0 Å². The highest BCUT2D eigenvalue weighted by atomic mass is 14.1. The Balaban J connectivity index is 3.49. The molecule has 0 rings (SSSR count). The lowest BCUT2D eigenvalue weighted by molar-refractivity contribution is 0.382. The van der Waals surface area contributed by atoms with Crippen LogP contribution < -0.4 is 0 Å². The van der Waals surface area contributed by atoms with Crippen molar-refractivity contribution in [1.82, 2.24) is 0 Å². The third-order valence-electron chi connectivity index (χ3n) is 4.93. The van der Waals surface area contributed by atoms with Gasteiger partial charge in [-0.2, -0.15) is 0 Å². The molecule has 21 heavy (non-hydrogen) atoms. The summed E-state index contributed by atoms with van der Waals surface area (Å²) in [6.45, 7) is 13.4. The lowest BCUT2D eigenvalue weighted by Crippen LogP contribution is -2.00. The van der Waals surface area contributed by atoms with Crippen LogP contribution in [-0.2, 0) is 0 Å². The molecule has 0 spiro atoms. The number of rotatable bonds is 15. The molecule has 0 aromatic heterocycles. The average Bonchev–Trinajstić information content (AvgIpc) is 2.47. The van der Waals surface area contributed by atoms with Gasteiger partial charge in [0.2, 0.25) is 0 Å². The molecule has 0 heteroatoms. The van der Waals surface area contributed by atoms with E-state index in [0.29, 0.717) is 0 Å². The first-order valence-electron chi connectivity index (χ1n) is 9.80. The van der Waals surface area contributed by atoms with E-state index in [1.54, 1.807) is 0 Å². The molecular weight excluding hydrogens is 252 g/mol. The van der Waals surface area contributed by atoms with Crippen molar-refractivity contribution < 1.29 is 0 Å². The zero-order valence-corrected chi connectivity index (χ0v) is 15.6. The minimum Gasteiger partial charge on any atom is -0.0999 e. The second-order valence-electron chi connectivity index (χ2n) is 7.18. The van der Waals surface area contributed by atoms with Crippen molar-refractivity contribution in [2.45, 2.75) is 111 Å². The fraction of sp³-hybridized carbons (Fsp3) is 0.905. The van der Waals surface area contributed by atoms with E-state index in [2.05, 4.69) is 34.3 Å². The molecule has 0 aliphatic carbocycles. The Kier molecular flexibility index (Phi) is 14.5. The van der Waals surface area contributed by atoms with E-state index < -0.39 is 0 Å². The molecule has 0 aliphatic rings. The summed E-state index contributed by atoms with van der Waals surface area (Å²) >= 11 is 0. The van der Waals surface area contributed by atoms with Crippen molar-refractivity contribution in [1.29, 1.82) is 0 Å². The van der Waals surface area contributed by atoms with Crippen molar-refractivity contribution in [2.24, 2.45) is 11.8 Å². The van der Waals surface area contributed by atoms with Crippen LogP contribution in [0.5, 0.6) is 0 Å². The first kappa shape index (κ1) is 20.7. The quantitative estimate of drug-likeness (QED) is 0.212. The third kappa shape index (κ3) is 13.1. The van der Waals surface area contributed by atoms with E-state index in [0.717, 1.165) is 18.3 Å². The molecule has 0 fully saturated rings. The highest BCUT2D eigenvalue weighted by Gasteiger charge is 2.07. The van der Waals surface area contributed by atoms with Crippen LogP contribution in [0.3, 0.4) is 0 Å². The number of unbranched alkanes of at least 4 members (excludes halogenated alkanes) is 2. The van der Waals surface area contributed by atoms with Gasteiger partial charge in [0.1, 0.15) is 0 Å². The van der Waals surface area contributed by atoms with E-state index in [4.69, 9.17) is 0 Å². The number of allylic oxidation sites excluding steroid dienone is 1. The number of hydrogen-bond acceptors (Lipinski definition) is 0. The minimum absolute atomic E-state index is 0.914. The normalized spacial score (nSPS) is 12.8. The molecule has 1 atom stereocenters. The Bertz CT molecular complexity index is 222. The summed E-state index contributed by atoms with van der Waals surface area (Å²) in [4.78, 5) is 0. The zero-order chi connectivity index (χ0) is 15.9. The summed E-state index contributed by atoms with van der Waals surface area (Å²) < 4.78 is 0. The average molecular weight is 295 g/mol. The van der Waals surface area contributed by atoms with E-state index in [9.17, 15) is 0 Å². The summed E-state index contributed by atoms with van der Waals surface area (Å²) in [6.07, 6.45) is 18.1. The maximum Gasteiger partial charge on any atom is -0.0323 e. The van der Waals surface area contributed by atoms with Gasteiger partial charge < -0.3 is 0 Å². The van der Waals surface area contributed by atoms with E-state index in [1.807, 2.05) is 0 Å².